The minimum absolute atomic E-state index is 0.0452. The standard InChI is InChI=1S/C13H11F2NO3S/c1-8-3-2-4-11(17)13(8)16-20(18,19)12-6-5-9(14)7-10(12)15/h2-7,16-17H,1H3. The van der Waals surface area contributed by atoms with Gasteiger partial charge in [0, 0.05) is 6.07 Å². The molecule has 0 amide bonds. The fourth-order valence-electron chi connectivity index (χ4n) is 1.67. The van der Waals surface area contributed by atoms with Crippen LogP contribution in [0.1, 0.15) is 5.56 Å². The summed E-state index contributed by atoms with van der Waals surface area (Å²) in [6.07, 6.45) is 0. The molecule has 2 aromatic carbocycles. The Labute approximate surface area is 114 Å². The second-order valence-electron chi connectivity index (χ2n) is 4.15. The number of anilines is 1. The Kier molecular flexibility index (Phi) is 3.63. The molecule has 2 N–H and O–H groups in total. The van der Waals surface area contributed by atoms with Crippen molar-refractivity contribution < 1.29 is 22.3 Å². The summed E-state index contributed by atoms with van der Waals surface area (Å²) in [7, 11) is -4.26. The van der Waals surface area contributed by atoms with Gasteiger partial charge < -0.3 is 5.11 Å². The number of hydrogen-bond donors (Lipinski definition) is 2. The molecule has 0 aromatic heterocycles. The molecule has 20 heavy (non-hydrogen) atoms. The molecule has 0 aliphatic carbocycles. The van der Waals surface area contributed by atoms with Crippen molar-refractivity contribution in [2.24, 2.45) is 0 Å². The molecule has 0 atom stereocenters. The molecule has 0 unspecified atom stereocenters. The van der Waals surface area contributed by atoms with Gasteiger partial charge in [-0.1, -0.05) is 12.1 Å². The third-order valence-electron chi connectivity index (χ3n) is 2.67. The van der Waals surface area contributed by atoms with Crippen LogP contribution in [-0.2, 0) is 10.0 Å². The summed E-state index contributed by atoms with van der Waals surface area (Å²) >= 11 is 0. The van der Waals surface area contributed by atoms with Gasteiger partial charge in [0.15, 0.2) is 0 Å². The minimum atomic E-state index is -4.26. The molecule has 0 saturated carbocycles. The molecule has 2 aromatic rings. The smallest absolute Gasteiger partial charge is 0.264 e. The van der Waals surface area contributed by atoms with Crippen LogP contribution in [0.3, 0.4) is 0 Å². The first-order valence-corrected chi connectivity index (χ1v) is 7.06. The average molecular weight is 299 g/mol. The predicted octanol–water partition coefficient (Wildman–Crippen LogP) is 2.78. The SMILES string of the molecule is Cc1cccc(O)c1NS(=O)(=O)c1ccc(F)cc1F. The molecule has 106 valence electrons. The van der Waals surface area contributed by atoms with Crippen molar-refractivity contribution in [2.75, 3.05) is 4.72 Å². The zero-order chi connectivity index (χ0) is 14.9. The van der Waals surface area contributed by atoms with E-state index in [1.165, 1.54) is 6.07 Å². The van der Waals surface area contributed by atoms with Gasteiger partial charge in [-0.2, -0.15) is 0 Å². The van der Waals surface area contributed by atoms with E-state index < -0.39 is 26.6 Å². The molecule has 2 rings (SSSR count). The Balaban J connectivity index is 2.46. The van der Waals surface area contributed by atoms with Gasteiger partial charge in [0.2, 0.25) is 0 Å². The highest BCUT2D eigenvalue weighted by atomic mass is 32.2. The zero-order valence-electron chi connectivity index (χ0n) is 10.4. The predicted molar refractivity (Wildman–Crippen MR) is 70.0 cm³/mol. The molecule has 0 heterocycles. The fourth-order valence-corrected chi connectivity index (χ4v) is 2.87. The maximum absolute atomic E-state index is 13.5. The molecular weight excluding hydrogens is 288 g/mol. The first-order valence-electron chi connectivity index (χ1n) is 5.58. The molecule has 0 aliphatic rings. The van der Waals surface area contributed by atoms with Crippen molar-refractivity contribution in [3.8, 4) is 5.75 Å². The van der Waals surface area contributed by atoms with Crippen LogP contribution in [0.4, 0.5) is 14.5 Å². The molecule has 0 spiro atoms. The summed E-state index contributed by atoms with van der Waals surface area (Å²) in [5.41, 5.74) is 0.423. The van der Waals surface area contributed by atoms with E-state index in [1.807, 2.05) is 0 Å². The van der Waals surface area contributed by atoms with E-state index >= 15 is 0 Å². The Morgan fingerprint density at radius 3 is 2.45 bits per heavy atom. The van der Waals surface area contributed by atoms with Crippen LogP contribution < -0.4 is 4.72 Å². The summed E-state index contributed by atoms with van der Waals surface area (Å²) in [4.78, 5) is -0.693. The molecule has 0 aliphatic heterocycles. The number of halogens is 2. The number of sulfonamides is 1. The summed E-state index contributed by atoms with van der Waals surface area (Å²) < 4.78 is 52.5. The van der Waals surface area contributed by atoms with Gasteiger partial charge in [0.25, 0.3) is 10.0 Å². The topological polar surface area (TPSA) is 66.4 Å². The Morgan fingerprint density at radius 2 is 1.85 bits per heavy atom. The number of phenolic OH excluding ortho intramolecular Hbond substituents is 1. The van der Waals surface area contributed by atoms with E-state index in [4.69, 9.17) is 0 Å². The van der Waals surface area contributed by atoms with Crippen molar-refractivity contribution in [3.05, 3.63) is 53.6 Å². The number of nitrogens with one attached hydrogen (secondary N) is 1. The molecule has 0 saturated heterocycles. The van der Waals surface area contributed by atoms with Gasteiger partial charge in [-0.15, -0.1) is 0 Å². The van der Waals surface area contributed by atoms with Gasteiger partial charge in [-0.25, -0.2) is 17.2 Å². The number of rotatable bonds is 3. The van der Waals surface area contributed by atoms with Crippen LogP contribution in [0.15, 0.2) is 41.3 Å². The summed E-state index contributed by atoms with van der Waals surface area (Å²) in [6, 6.07) is 6.56. The highest BCUT2D eigenvalue weighted by Crippen LogP contribution is 2.29. The minimum Gasteiger partial charge on any atom is -0.506 e. The Hall–Kier alpha value is -2.15. The first kappa shape index (κ1) is 14.3. The van der Waals surface area contributed by atoms with Crippen LogP contribution >= 0.6 is 0 Å². The third-order valence-corrected chi connectivity index (χ3v) is 4.05. The normalized spacial score (nSPS) is 11.3. The largest absolute Gasteiger partial charge is 0.506 e. The van der Waals surface area contributed by atoms with Gasteiger partial charge in [-0.3, -0.25) is 4.72 Å². The van der Waals surface area contributed by atoms with E-state index in [0.717, 1.165) is 12.1 Å². The van der Waals surface area contributed by atoms with Gasteiger partial charge in [0.1, 0.15) is 22.3 Å². The first-order chi connectivity index (χ1) is 9.31. The van der Waals surface area contributed by atoms with Gasteiger partial charge in [0.05, 0.1) is 5.69 Å². The van der Waals surface area contributed by atoms with E-state index in [9.17, 15) is 22.3 Å². The molecular formula is C13H11F2NO3S. The monoisotopic (exact) mass is 299 g/mol. The molecule has 0 radical (unpaired) electrons. The third kappa shape index (κ3) is 2.72. The van der Waals surface area contributed by atoms with E-state index in [-0.39, 0.29) is 11.4 Å². The summed E-state index contributed by atoms with van der Waals surface area (Å²) in [6.45, 7) is 1.58. The van der Waals surface area contributed by atoms with Gasteiger partial charge >= 0.3 is 0 Å². The lowest BCUT2D eigenvalue weighted by Crippen LogP contribution is -2.15. The lowest BCUT2D eigenvalue weighted by Gasteiger charge is -2.12. The van der Waals surface area contributed by atoms with Crippen molar-refractivity contribution >= 4 is 15.7 Å². The summed E-state index contributed by atoms with van der Waals surface area (Å²) in [5, 5.41) is 9.63. The van der Waals surface area contributed by atoms with Crippen LogP contribution in [0.5, 0.6) is 5.75 Å². The fraction of sp³-hybridized carbons (Fsp3) is 0.0769. The lowest BCUT2D eigenvalue weighted by molar-refractivity contribution is 0.477. The number of aromatic hydroxyl groups is 1. The van der Waals surface area contributed by atoms with Crippen molar-refractivity contribution in [1.29, 1.82) is 0 Å². The van der Waals surface area contributed by atoms with Crippen molar-refractivity contribution in [2.45, 2.75) is 11.8 Å². The zero-order valence-corrected chi connectivity index (χ0v) is 11.2. The van der Waals surface area contributed by atoms with E-state index in [2.05, 4.69) is 4.72 Å². The highest BCUT2D eigenvalue weighted by molar-refractivity contribution is 7.92. The van der Waals surface area contributed by atoms with Crippen LogP contribution in [0.25, 0.3) is 0 Å². The van der Waals surface area contributed by atoms with E-state index in [0.29, 0.717) is 11.6 Å². The van der Waals surface area contributed by atoms with Gasteiger partial charge in [-0.05, 0) is 30.7 Å². The van der Waals surface area contributed by atoms with Crippen LogP contribution in [0.2, 0.25) is 0 Å². The number of benzene rings is 2. The maximum atomic E-state index is 13.5. The van der Waals surface area contributed by atoms with E-state index in [1.54, 1.807) is 19.1 Å². The second kappa shape index (κ2) is 5.09. The molecule has 0 bridgehead atoms. The summed E-state index contributed by atoms with van der Waals surface area (Å²) in [5.74, 6) is -2.36. The highest BCUT2D eigenvalue weighted by Gasteiger charge is 2.21. The quantitative estimate of drug-likeness (QED) is 0.856. The number of para-hydroxylation sites is 1. The van der Waals surface area contributed by atoms with Crippen molar-refractivity contribution in [3.63, 3.8) is 0 Å². The molecule has 0 fully saturated rings. The lowest BCUT2D eigenvalue weighted by atomic mass is 10.2. The Morgan fingerprint density at radius 1 is 1.15 bits per heavy atom. The molecule has 4 nitrogen and oxygen atoms in total. The van der Waals surface area contributed by atoms with Crippen molar-refractivity contribution in [1.82, 2.24) is 0 Å². The Bertz CT molecular complexity index is 740. The number of hydrogen-bond acceptors (Lipinski definition) is 3. The average Bonchev–Trinajstić information content (AvgIpc) is 2.33. The maximum Gasteiger partial charge on any atom is 0.264 e. The van der Waals surface area contributed by atoms with Crippen LogP contribution in [-0.4, -0.2) is 13.5 Å². The number of aryl methyl sites for hydroxylation is 1. The van der Waals surface area contributed by atoms with Crippen LogP contribution in [0, 0.1) is 18.6 Å². The second-order valence-corrected chi connectivity index (χ2v) is 5.80. The number of phenols is 1. The molecule has 7 heteroatoms.